The average molecular weight is 394 g/mol. The lowest BCUT2D eigenvalue weighted by molar-refractivity contribution is 0.469. The first kappa shape index (κ1) is 16.3. The van der Waals surface area contributed by atoms with E-state index in [1.54, 1.807) is 17.7 Å². The molecule has 0 atom stereocenters. The Balaban J connectivity index is 1.44. The van der Waals surface area contributed by atoms with Gasteiger partial charge in [-0.25, -0.2) is 9.97 Å². The van der Waals surface area contributed by atoms with E-state index in [1.807, 2.05) is 54.6 Å². The van der Waals surface area contributed by atoms with E-state index in [4.69, 9.17) is 9.15 Å². The highest BCUT2D eigenvalue weighted by molar-refractivity contribution is 7.21. The molecule has 3 heterocycles. The molecule has 0 radical (unpaired) electrons. The Labute approximate surface area is 170 Å². The number of nitrogens with zero attached hydrogens (tertiary/aromatic N) is 2. The van der Waals surface area contributed by atoms with E-state index >= 15 is 0 Å². The second-order valence-electron chi connectivity index (χ2n) is 6.73. The highest BCUT2D eigenvalue weighted by atomic mass is 32.1. The molecule has 0 fully saturated rings. The summed E-state index contributed by atoms with van der Waals surface area (Å²) in [5.41, 5.74) is 2.87. The molecule has 0 aliphatic heterocycles. The molecule has 0 bridgehead atoms. The number of rotatable bonds is 3. The van der Waals surface area contributed by atoms with Gasteiger partial charge in [0.25, 0.3) is 0 Å². The van der Waals surface area contributed by atoms with Crippen LogP contribution in [0.3, 0.4) is 0 Å². The van der Waals surface area contributed by atoms with E-state index in [-0.39, 0.29) is 0 Å². The molecule has 0 aliphatic rings. The molecule has 0 saturated heterocycles. The summed E-state index contributed by atoms with van der Waals surface area (Å²) in [4.78, 5) is 10.9. The lowest BCUT2D eigenvalue weighted by atomic mass is 10.1. The minimum absolute atomic E-state index is 0.556. The summed E-state index contributed by atoms with van der Waals surface area (Å²) in [5.74, 6) is 1.28. The topological polar surface area (TPSA) is 48.2 Å². The van der Waals surface area contributed by atoms with Gasteiger partial charge in [-0.2, -0.15) is 0 Å². The van der Waals surface area contributed by atoms with Crippen molar-refractivity contribution in [2.24, 2.45) is 0 Å². The summed E-state index contributed by atoms with van der Waals surface area (Å²) < 4.78 is 12.1. The number of para-hydroxylation sites is 1. The van der Waals surface area contributed by atoms with Crippen LogP contribution in [0.25, 0.3) is 42.6 Å². The van der Waals surface area contributed by atoms with Gasteiger partial charge in [-0.3, -0.25) is 0 Å². The molecular weight excluding hydrogens is 380 g/mol. The van der Waals surface area contributed by atoms with E-state index in [1.165, 1.54) is 0 Å². The summed E-state index contributed by atoms with van der Waals surface area (Å²) in [6.07, 6.45) is 1.55. The number of aromatic nitrogens is 2. The summed E-state index contributed by atoms with van der Waals surface area (Å²) in [5, 5.41) is 3.01. The third-order valence-electron chi connectivity index (χ3n) is 4.91. The monoisotopic (exact) mass is 394 g/mol. The van der Waals surface area contributed by atoms with E-state index in [0.717, 1.165) is 48.3 Å². The van der Waals surface area contributed by atoms with Gasteiger partial charge in [0, 0.05) is 15.6 Å². The van der Waals surface area contributed by atoms with Crippen LogP contribution < -0.4 is 4.74 Å². The minimum Gasteiger partial charge on any atom is -0.456 e. The standard InChI is InChI=1S/C24H14N2O2S/c1-2-6-15(7-3-1)22-13-19-23(25-14-26-24(19)29-22)27-16-10-11-21-18(12-16)17-8-4-5-9-20(17)28-21/h1-14H. The van der Waals surface area contributed by atoms with Crippen molar-refractivity contribution in [3.05, 3.63) is 85.2 Å². The second kappa shape index (κ2) is 6.43. The fourth-order valence-electron chi connectivity index (χ4n) is 3.54. The molecule has 0 N–H and O–H groups in total. The molecule has 3 aromatic carbocycles. The van der Waals surface area contributed by atoms with Crippen LogP contribution in [0.15, 0.2) is 89.6 Å². The van der Waals surface area contributed by atoms with E-state index < -0.39 is 0 Å². The van der Waals surface area contributed by atoms with Crippen molar-refractivity contribution in [2.75, 3.05) is 0 Å². The summed E-state index contributed by atoms with van der Waals surface area (Å²) >= 11 is 1.63. The highest BCUT2D eigenvalue weighted by Crippen LogP contribution is 2.38. The normalized spacial score (nSPS) is 11.4. The van der Waals surface area contributed by atoms with Crippen molar-refractivity contribution < 1.29 is 9.15 Å². The maximum atomic E-state index is 6.18. The molecule has 0 aliphatic carbocycles. The van der Waals surface area contributed by atoms with Crippen molar-refractivity contribution in [1.29, 1.82) is 0 Å². The van der Waals surface area contributed by atoms with Crippen LogP contribution in [0.4, 0.5) is 0 Å². The van der Waals surface area contributed by atoms with Crippen LogP contribution >= 0.6 is 11.3 Å². The summed E-state index contributed by atoms with van der Waals surface area (Å²) in [6.45, 7) is 0. The van der Waals surface area contributed by atoms with Crippen LogP contribution in [0.2, 0.25) is 0 Å². The number of thiophene rings is 1. The van der Waals surface area contributed by atoms with Crippen LogP contribution in [0.1, 0.15) is 0 Å². The van der Waals surface area contributed by atoms with Gasteiger partial charge >= 0.3 is 0 Å². The molecule has 138 valence electrons. The number of hydrogen-bond donors (Lipinski definition) is 0. The van der Waals surface area contributed by atoms with Gasteiger partial charge in [-0.15, -0.1) is 11.3 Å². The van der Waals surface area contributed by atoms with Crippen LogP contribution in [-0.4, -0.2) is 9.97 Å². The van der Waals surface area contributed by atoms with Crippen molar-refractivity contribution in [1.82, 2.24) is 9.97 Å². The van der Waals surface area contributed by atoms with Crippen molar-refractivity contribution in [3.8, 4) is 22.1 Å². The van der Waals surface area contributed by atoms with Gasteiger partial charge in [0.15, 0.2) is 0 Å². The molecule has 0 spiro atoms. The minimum atomic E-state index is 0.556. The third-order valence-corrected chi connectivity index (χ3v) is 6.01. The summed E-state index contributed by atoms with van der Waals surface area (Å²) in [6, 6.07) is 26.2. The molecule has 5 heteroatoms. The first-order chi connectivity index (χ1) is 14.3. The summed E-state index contributed by atoms with van der Waals surface area (Å²) in [7, 11) is 0. The number of benzene rings is 3. The zero-order valence-corrected chi connectivity index (χ0v) is 16.0. The van der Waals surface area contributed by atoms with Gasteiger partial charge in [0.2, 0.25) is 5.88 Å². The molecule has 29 heavy (non-hydrogen) atoms. The Morgan fingerprint density at radius 1 is 0.724 bits per heavy atom. The Kier molecular flexibility index (Phi) is 3.61. The van der Waals surface area contributed by atoms with Gasteiger partial charge in [0.1, 0.15) is 28.1 Å². The van der Waals surface area contributed by atoms with E-state index in [2.05, 4.69) is 34.2 Å². The van der Waals surface area contributed by atoms with Gasteiger partial charge in [0.05, 0.1) is 5.39 Å². The van der Waals surface area contributed by atoms with Gasteiger partial charge < -0.3 is 9.15 Å². The number of hydrogen-bond acceptors (Lipinski definition) is 5. The smallest absolute Gasteiger partial charge is 0.231 e. The number of furan rings is 1. The zero-order chi connectivity index (χ0) is 19.2. The zero-order valence-electron chi connectivity index (χ0n) is 15.2. The number of fused-ring (bicyclic) bond motifs is 4. The molecule has 4 nitrogen and oxygen atoms in total. The maximum Gasteiger partial charge on any atom is 0.231 e. The van der Waals surface area contributed by atoms with Crippen LogP contribution in [-0.2, 0) is 0 Å². The van der Waals surface area contributed by atoms with Crippen LogP contribution in [0, 0.1) is 0 Å². The van der Waals surface area contributed by atoms with Crippen molar-refractivity contribution in [3.63, 3.8) is 0 Å². The SMILES string of the molecule is c1ccc(-c2cc3c(Oc4ccc5oc6ccccc6c5c4)ncnc3s2)cc1. The highest BCUT2D eigenvalue weighted by Gasteiger charge is 2.13. The second-order valence-corrected chi connectivity index (χ2v) is 7.76. The Morgan fingerprint density at radius 2 is 1.55 bits per heavy atom. The fraction of sp³-hybridized carbons (Fsp3) is 0. The quantitative estimate of drug-likeness (QED) is 0.323. The van der Waals surface area contributed by atoms with Crippen molar-refractivity contribution >= 4 is 43.5 Å². The largest absolute Gasteiger partial charge is 0.456 e. The van der Waals surface area contributed by atoms with Crippen molar-refractivity contribution in [2.45, 2.75) is 0 Å². The molecule has 0 saturated carbocycles. The maximum absolute atomic E-state index is 6.18. The van der Waals surface area contributed by atoms with E-state index in [9.17, 15) is 0 Å². The molecular formula is C24H14N2O2S. The molecule has 6 rings (SSSR count). The predicted octanol–water partition coefficient (Wildman–Crippen LogP) is 7.05. The molecule has 3 aromatic heterocycles. The van der Waals surface area contributed by atoms with Gasteiger partial charge in [-0.05, 0) is 35.9 Å². The molecule has 6 aromatic rings. The first-order valence-corrected chi connectivity index (χ1v) is 10.1. The third kappa shape index (κ3) is 2.75. The Morgan fingerprint density at radius 3 is 2.48 bits per heavy atom. The van der Waals surface area contributed by atoms with E-state index in [0.29, 0.717) is 5.88 Å². The lowest BCUT2D eigenvalue weighted by Gasteiger charge is -2.05. The first-order valence-electron chi connectivity index (χ1n) is 9.24. The van der Waals surface area contributed by atoms with Crippen LogP contribution in [0.5, 0.6) is 11.6 Å². The Bertz CT molecular complexity index is 1480. The molecule has 0 amide bonds. The Hall–Kier alpha value is -3.70. The van der Waals surface area contributed by atoms with Gasteiger partial charge in [-0.1, -0.05) is 48.5 Å². The lowest BCUT2D eigenvalue weighted by Crippen LogP contribution is -1.89. The fourth-order valence-corrected chi connectivity index (χ4v) is 4.54. The number of ether oxygens (including phenoxy) is 1. The molecule has 0 unspecified atom stereocenters. The predicted molar refractivity (Wildman–Crippen MR) is 117 cm³/mol. The average Bonchev–Trinajstić information content (AvgIpc) is 3.36.